The van der Waals surface area contributed by atoms with Crippen LogP contribution in [0.5, 0.6) is 0 Å². The molecule has 0 aliphatic carbocycles. The molecular formula is C21H16Cl2N2O2. The van der Waals surface area contributed by atoms with Crippen LogP contribution in [0.25, 0.3) is 17.4 Å². The molecule has 1 aliphatic heterocycles. The highest BCUT2D eigenvalue weighted by molar-refractivity contribution is 6.31. The summed E-state index contributed by atoms with van der Waals surface area (Å²) in [5.41, 5.74) is 3.65. The molecular weight excluding hydrogens is 383 g/mol. The highest BCUT2D eigenvalue weighted by Crippen LogP contribution is 2.31. The highest BCUT2D eigenvalue weighted by atomic mass is 35.5. The predicted molar refractivity (Wildman–Crippen MR) is 107 cm³/mol. The third kappa shape index (κ3) is 3.92. The summed E-state index contributed by atoms with van der Waals surface area (Å²) in [4.78, 5) is 14.4. The van der Waals surface area contributed by atoms with Crippen molar-refractivity contribution < 1.29 is 9.32 Å². The second-order valence-corrected chi connectivity index (χ2v) is 7.21. The van der Waals surface area contributed by atoms with Crippen LogP contribution in [-0.2, 0) is 17.8 Å². The molecule has 1 aromatic heterocycles. The van der Waals surface area contributed by atoms with Crippen LogP contribution in [0.1, 0.15) is 16.8 Å². The van der Waals surface area contributed by atoms with Crippen molar-refractivity contribution in [2.24, 2.45) is 0 Å². The summed E-state index contributed by atoms with van der Waals surface area (Å²) in [5.74, 6) is 0.641. The topological polar surface area (TPSA) is 46.3 Å². The Hall–Kier alpha value is -2.56. The fraction of sp³-hybridized carbons (Fsp3) is 0.143. The molecule has 0 unspecified atom stereocenters. The minimum Gasteiger partial charge on any atom is -0.356 e. The van der Waals surface area contributed by atoms with Crippen LogP contribution in [0.15, 0.2) is 59.1 Å². The van der Waals surface area contributed by atoms with E-state index in [4.69, 9.17) is 27.7 Å². The van der Waals surface area contributed by atoms with Gasteiger partial charge in [-0.3, -0.25) is 4.79 Å². The quantitative estimate of drug-likeness (QED) is 0.566. The molecule has 1 aliphatic rings. The maximum atomic E-state index is 12.6. The number of carbonyl (C=O) groups excluding carboxylic acids is 1. The van der Waals surface area contributed by atoms with E-state index in [2.05, 4.69) is 5.16 Å². The van der Waals surface area contributed by atoms with Gasteiger partial charge in [0.2, 0.25) is 5.91 Å². The van der Waals surface area contributed by atoms with Gasteiger partial charge in [-0.2, -0.15) is 0 Å². The molecule has 0 atom stereocenters. The second-order valence-electron chi connectivity index (χ2n) is 6.34. The van der Waals surface area contributed by atoms with Gasteiger partial charge in [-0.05, 0) is 48.0 Å². The Balaban J connectivity index is 1.53. The van der Waals surface area contributed by atoms with Crippen LogP contribution in [0.4, 0.5) is 0 Å². The van der Waals surface area contributed by atoms with Crippen molar-refractivity contribution in [3.8, 4) is 11.3 Å². The highest BCUT2D eigenvalue weighted by Gasteiger charge is 2.26. The smallest absolute Gasteiger partial charge is 0.246 e. The number of carbonyl (C=O) groups is 1. The number of benzene rings is 2. The molecule has 2 heterocycles. The maximum Gasteiger partial charge on any atom is 0.246 e. The van der Waals surface area contributed by atoms with Gasteiger partial charge in [-0.1, -0.05) is 40.5 Å². The van der Waals surface area contributed by atoms with E-state index in [1.165, 1.54) is 0 Å². The van der Waals surface area contributed by atoms with Crippen molar-refractivity contribution >= 4 is 35.2 Å². The zero-order valence-electron chi connectivity index (χ0n) is 14.4. The Labute approximate surface area is 167 Å². The van der Waals surface area contributed by atoms with Crippen LogP contribution in [-0.4, -0.2) is 22.5 Å². The van der Waals surface area contributed by atoms with Crippen LogP contribution < -0.4 is 0 Å². The number of fused-ring (bicyclic) bond motifs is 1. The first-order valence-corrected chi connectivity index (χ1v) is 9.31. The van der Waals surface area contributed by atoms with Crippen molar-refractivity contribution in [2.45, 2.75) is 13.0 Å². The molecule has 6 heteroatoms. The largest absolute Gasteiger partial charge is 0.356 e. The molecule has 0 N–H and O–H groups in total. The van der Waals surface area contributed by atoms with Gasteiger partial charge >= 0.3 is 0 Å². The van der Waals surface area contributed by atoms with E-state index in [9.17, 15) is 4.79 Å². The fourth-order valence-electron chi connectivity index (χ4n) is 3.11. The molecule has 0 fully saturated rings. The van der Waals surface area contributed by atoms with E-state index >= 15 is 0 Å². The zero-order chi connectivity index (χ0) is 18.8. The van der Waals surface area contributed by atoms with Crippen LogP contribution in [0.3, 0.4) is 0 Å². The molecule has 0 saturated carbocycles. The molecule has 136 valence electrons. The summed E-state index contributed by atoms with van der Waals surface area (Å²) in [6, 6.07) is 14.8. The number of nitrogens with zero attached hydrogens (tertiary/aromatic N) is 2. The first kappa shape index (κ1) is 17.8. The van der Waals surface area contributed by atoms with Gasteiger partial charge in [0.1, 0.15) is 0 Å². The Bertz CT molecular complexity index is 1010. The lowest BCUT2D eigenvalue weighted by Gasteiger charge is -2.25. The standard InChI is InChI=1S/C21H16Cl2N2O2/c22-16-7-5-15(6-8-16)21-18-13-25(11-10-19(18)24-27-21)20(26)9-4-14-2-1-3-17(23)12-14/h1-9,12H,10-11,13H2/b9-4+. The van der Waals surface area contributed by atoms with Gasteiger partial charge in [-0.25, -0.2) is 0 Å². The monoisotopic (exact) mass is 398 g/mol. The Kier molecular flexibility index (Phi) is 5.01. The summed E-state index contributed by atoms with van der Waals surface area (Å²) in [6.07, 6.45) is 4.02. The first-order valence-electron chi connectivity index (χ1n) is 8.56. The summed E-state index contributed by atoms with van der Waals surface area (Å²) < 4.78 is 5.55. The van der Waals surface area contributed by atoms with Crippen LogP contribution in [0, 0.1) is 0 Å². The molecule has 27 heavy (non-hydrogen) atoms. The van der Waals surface area contributed by atoms with Crippen molar-refractivity contribution in [3.63, 3.8) is 0 Å². The SMILES string of the molecule is O=C(/C=C/c1cccc(Cl)c1)N1CCc2noc(-c3ccc(Cl)cc3)c2C1. The minimum atomic E-state index is -0.0520. The van der Waals surface area contributed by atoms with E-state index in [0.29, 0.717) is 35.3 Å². The third-order valence-corrected chi connectivity index (χ3v) is 5.01. The van der Waals surface area contributed by atoms with Crippen molar-refractivity contribution in [1.29, 1.82) is 0 Å². The molecule has 2 aromatic carbocycles. The molecule has 0 radical (unpaired) electrons. The number of halogens is 2. The summed E-state index contributed by atoms with van der Waals surface area (Å²) in [7, 11) is 0. The van der Waals surface area contributed by atoms with Gasteiger partial charge in [0, 0.05) is 40.2 Å². The number of aromatic nitrogens is 1. The minimum absolute atomic E-state index is 0.0520. The summed E-state index contributed by atoms with van der Waals surface area (Å²) in [6.45, 7) is 1.08. The van der Waals surface area contributed by atoms with Crippen molar-refractivity contribution in [3.05, 3.63) is 81.5 Å². The van der Waals surface area contributed by atoms with Crippen LogP contribution in [0.2, 0.25) is 10.0 Å². The average Bonchev–Trinajstić information content (AvgIpc) is 3.10. The molecule has 4 rings (SSSR count). The van der Waals surface area contributed by atoms with E-state index < -0.39 is 0 Å². The van der Waals surface area contributed by atoms with Crippen LogP contribution >= 0.6 is 23.2 Å². The normalized spacial score (nSPS) is 13.8. The van der Waals surface area contributed by atoms with Gasteiger partial charge < -0.3 is 9.42 Å². The lowest BCUT2D eigenvalue weighted by atomic mass is 10.0. The maximum absolute atomic E-state index is 12.6. The molecule has 1 amide bonds. The first-order chi connectivity index (χ1) is 13.1. The number of hydrogen-bond donors (Lipinski definition) is 0. The number of hydrogen-bond acceptors (Lipinski definition) is 3. The molecule has 0 bridgehead atoms. The van der Waals surface area contributed by atoms with E-state index in [-0.39, 0.29) is 5.91 Å². The van der Waals surface area contributed by atoms with Crippen molar-refractivity contribution in [2.75, 3.05) is 6.54 Å². The summed E-state index contributed by atoms with van der Waals surface area (Å²) in [5, 5.41) is 5.48. The summed E-state index contributed by atoms with van der Waals surface area (Å²) >= 11 is 11.9. The fourth-order valence-corrected chi connectivity index (χ4v) is 3.44. The predicted octanol–water partition coefficient (Wildman–Crippen LogP) is 5.25. The zero-order valence-corrected chi connectivity index (χ0v) is 15.9. The van der Waals surface area contributed by atoms with E-state index in [0.717, 1.165) is 22.4 Å². The third-order valence-electron chi connectivity index (χ3n) is 4.52. The molecule has 0 spiro atoms. The van der Waals surface area contributed by atoms with Gasteiger partial charge in [0.05, 0.1) is 12.2 Å². The number of amides is 1. The molecule has 4 nitrogen and oxygen atoms in total. The lowest BCUT2D eigenvalue weighted by molar-refractivity contribution is -0.126. The van der Waals surface area contributed by atoms with Gasteiger partial charge in [-0.15, -0.1) is 0 Å². The Morgan fingerprint density at radius 3 is 2.70 bits per heavy atom. The molecule has 3 aromatic rings. The van der Waals surface area contributed by atoms with Gasteiger partial charge in [0.15, 0.2) is 5.76 Å². The van der Waals surface area contributed by atoms with E-state index in [1.54, 1.807) is 23.1 Å². The average molecular weight is 399 g/mol. The Morgan fingerprint density at radius 2 is 1.93 bits per heavy atom. The number of rotatable bonds is 3. The lowest BCUT2D eigenvalue weighted by Crippen LogP contribution is -2.34. The molecule has 0 saturated heterocycles. The Morgan fingerprint density at radius 1 is 1.11 bits per heavy atom. The van der Waals surface area contributed by atoms with Crippen molar-refractivity contribution in [1.82, 2.24) is 10.1 Å². The second kappa shape index (κ2) is 7.59. The van der Waals surface area contributed by atoms with Gasteiger partial charge in [0.25, 0.3) is 0 Å². The van der Waals surface area contributed by atoms with E-state index in [1.807, 2.05) is 42.5 Å².